The van der Waals surface area contributed by atoms with E-state index < -0.39 is 12.2 Å². The van der Waals surface area contributed by atoms with Crippen molar-refractivity contribution < 1.29 is 19.8 Å². The fourth-order valence-corrected chi connectivity index (χ4v) is 6.34. The Bertz CT molecular complexity index is 608. The van der Waals surface area contributed by atoms with Crippen LogP contribution < -0.4 is 0 Å². The highest BCUT2D eigenvalue weighted by molar-refractivity contribution is 5.92. The van der Waals surface area contributed by atoms with Gasteiger partial charge < -0.3 is 10.2 Å². The molecule has 4 nitrogen and oxygen atoms in total. The van der Waals surface area contributed by atoms with Crippen LogP contribution in [0.15, 0.2) is 11.6 Å². The van der Waals surface area contributed by atoms with E-state index >= 15 is 0 Å². The number of Topliss-reactive ketones (excluding diaryl/α,β-unsaturated/α-hetero) is 1. The van der Waals surface area contributed by atoms with Gasteiger partial charge in [-0.25, -0.2) is 0 Å². The topological polar surface area (TPSA) is 74.6 Å². The second-order valence-electron chi connectivity index (χ2n) is 8.63. The van der Waals surface area contributed by atoms with Crippen molar-refractivity contribution in [2.45, 2.75) is 64.6 Å². The number of hydrogen-bond donors (Lipinski definition) is 2. The van der Waals surface area contributed by atoms with Crippen LogP contribution in [0.3, 0.4) is 0 Å². The SMILES string of the molecule is C[C@]12CCC(=O)C=C1[C@@H](O)C(O)C1C2CC[C@]2(C)C(=O)CCC12. The molecule has 0 aliphatic heterocycles. The molecule has 0 aromatic rings. The van der Waals surface area contributed by atoms with E-state index in [2.05, 4.69) is 13.8 Å². The Morgan fingerprint density at radius 2 is 1.70 bits per heavy atom. The van der Waals surface area contributed by atoms with E-state index in [1.807, 2.05) is 0 Å². The third-order valence-electron chi connectivity index (χ3n) is 7.76. The number of ketones is 2. The quantitative estimate of drug-likeness (QED) is 0.717. The maximum atomic E-state index is 12.4. The molecular weight excluding hydrogens is 292 g/mol. The lowest BCUT2D eigenvalue weighted by molar-refractivity contribution is -0.154. The summed E-state index contributed by atoms with van der Waals surface area (Å²) in [5.41, 5.74) is 0.184. The van der Waals surface area contributed by atoms with Gasteiger partial charge in [-0.2, -0.15) is 0 Å². The molecule has 4 heteroatoms. The predicted molar refractivity (Wildman–Crippen MR) is 84.5 cm³/mol. The molecule has 0 aromatic carbocycles. The van der Waals surface area contributed by atoms with Crippen LogP contribution in [0.2, 0.25) is 0 Å². The summed E-state index contributed by atoms with van der Waals surface area (Å²) in [5.74, 6) is 0.760. The smallest absolute Gasteiger partial charge is 0.155 e. The monoisotopic (exact) mass is 318 g/mol. The molecule has 3 fully saturated rings. The maximum absolute atomic E-state index is 12.4. The normalized spacial score (nSPS) is 52.5. The highest BCUT2D eigenvalue weighted by Crippen LogP contribution is 2.64. The lowest BCUT2D eigenvalue weighted by atomic mass is 9.46. The van der Waals surface area contributed by atoms with Gasteiger partial charge in [-0.1, -0.05) is 13.8 Å². The minimum absolute atomic E-state index is 0.0365. The predicted octanol–water partition coefficient (Wildman–Crippen LogP) is 2.03. The second-order valence-corrected chi connectivity index (χ2v) is 8.63. The summed E-state index contributed by atoms with van der Waals surface area (Å²) in [7, 11) is 0. The number of carbonyl (C=O) groups is 2. The fraction of sp³-hybridized carbons (Fsp3) is 0.789. The van der Waals surface area contributed by atoms with Crippen LogP contribution in [0.4, 0.5) is 0 Å². The first kappa shape index (κ1) is 15.5. The Morgan fingerprint density at radius 3 is 2.43 bits per heavy atom. The van der Waals surface area contributed by atoms with Gasteiger partial charge in [0.15, 0.2) is 5.78 Å². The van der Waals surface area contributed by atoms with Gasteiger partial charge in [0.1, 0.15) is 11.9 Å². The number of rotatable bonds is 0. The average Bonchev–Trinajstić information content (AvgIpc) is 2.82. The molecule has 4 unspecified atom stereocenters. The summed E-state index contributed by atoms with van der Waals surface area (Å²) in [6.07, 6.45) is 4.23. The number of aliphatic hydroxyl groups is 2. The zero-order valence-electron chi connectivity index (χ0n) is 13.9. The number of carbonyl (C=O) groups excluding carboxylic acids is 2. The van der Waals surface area contributed by atoms with E-state index in [1.54, 1.807) is 6.08 Å². The van der Waals surface area contributed by atoms with Crippen molar-refractivity contribution in [2.24, 2.45) is 28.6 Å². The van der Waals surface area contributed by atoms with Crippen LogP contribution in [0.25, 0.3) is 0 Å². The minimum atomic E-state index is -0.969. The zero-order valence-corrected chi connectivity index (χ0v) is 13.9. The maximum Gasteiger partial charge on any atom is 0.155 e. The standard InChI is InChI=1S/C19H26O4/c1-18-7-5-10(20)9-13(18)16(22)17(23)15-11-3-4-14(21)19(11,2)8-6-12(15)18/h9,11-12,15-17,22-23H,3-8H2,1-2H3/t11?,12?,15?,16-,17?,18-,19+/m1/s1. The summed E-state index contributed by atoms with van der Waals surface area (Å²) in [6.45, 7) is 4.21. The van der Waals surface area contributed by atoms with Crippen molar-refractivity contribution in [2.75, 3.05) is 0 Å². The third kappa shape index (κ3) is 1.85. The Hall–Kier alpha value is -1.00. The van der Waals surface area contributed by atoms with Crippen molar-refractivity contribution in [3.63, 3.8) is 0 Å². The molecule has 4 aliphatic carbocycles. The lowest BCUT2D eigenvalue weighted by Crippen LogP contribution is -2.60. The summed E-state index contributed by atoms with van der Waals surface area (Å²) in [6, 6.07) is 0. The summed E-state index contributed by atoms with van der Waals surface area (Å²) >= 11 is 0. The molecule has 0 amide bonds. The molecular formula is C19H26O4. The Labute approximate surface area is 137 Å². The first-order valence-electron chi connectivity index (χ1n) is 8.93. The first-order valence-corrected chi connectivity index (χ1v) is 8.93. The van der Waals surface area contributed by atoms with Gasteiger partial charge in [0.25, 0.3) is 0 Å². The molecule has 0 saturated heterocycles. The summed E-state index contributed by atoms with van der Waals surface area (Å²) in [5, 5.41) is 21.6. The van der Waals surface area contributed by atoms with Crippen molar-refractivity contribution in [1.29, 1.82) is 0 Å². The molecule has 0 spiro atoms. The largest absolute Gasteiger partial charge is 0.390 e. The molecule has 4 rings (SSSR count). The molecule has 0 aromatic heterocycles. The van der Waals surface area contributed by atoms with Crippen LogP contribution in [0.5, 0.6) is 0 Å². The summed E-state index contributed by atoms with van der Waals surface area (Å²) in [4.78, 5) is 24.2. The van der Waals surface area contributed by atoms with Crippen LogP contribution >= 0.6 is 0 Å². The molecule has 4 aliphatic rings. The van der Waals surface area contributed by atoms with E-state index in [0.29, 0.717) is 18.6 Å². The first-order chi connectivity index (χ1) is 10.8. The van der Waals surface area contributed by atoms with E-state index in [0.717, 1.165) is 31.3 Å². The molecule has 3 saturated carbocycles. The van der Waals surface area contributed by atoms with Gasteiger partial charge in [0.2, 0.25) is 0 Å². The van der Waals surface area contributed by atoms with Crippen molar-refractivity contribution in [3.8, 4) is 0 Å². The van der Waals surface area contributed by atoms with Gasteiger partial charge in [-0.3, -0.25) is 9.59 Å². The molecule has 7 atom stereocenters. The van der Waals surface area contributed by atoms with Crippen LogP contribution in [-0.4, -0.2) is 34.0 Å². The van der Waals surface area contributed by atoms with Crippen LogP contribution in [0.1, 0.15) is 52.4 Å². The fourth-order valence-electron chi connectivity index (χ4n) is 6.34. The van der Waals surface area contributed by atoms with Gasteiger partial charge in [-0.15, -0.1) is 0 Å². The van der Waals surface area contributed by atoms with Crippen molar-refractivity contribution >= 4 is 11.6 Å². The van der Waals surface area contributed by atoms with E-state index in [4.69, 9.17) is 0 Å². The summed E-state index contributed by atoms with van der Waals surface area (Å²) < 4.78 is 0. The van der Waals surface area contributed by atoms with Crippen molar-refractivity contribution in [3.05, 3.63) is 11.6 Å². The molecule has 126 valence electrons. The van der Waals surface area contributed by atoms with Crippen LogP contribution in [-0.2, 0) is 9.59 Å². The molecule has 0 bridgehead atoms. The van der Waals surface area contributed by atoms with E-state index in [-0.39, 0.29) is 34.4 Å². The van der Waals surface area contributed by atoms with Gasteiger partial charge in [-0.05, 0) is 60.5 Å². The van der Waals surface area contributed by atoms with Gasteiger partial charge in [0, 0.05) is 18.3 Å². The Morgan fingerprint density at radius 1 is 1.00 bits per heavy atom. The number of hydrogen-bond acceptors (Lipinski definition) is 4. The van der Waals surface area contributed by atoms with E-state index in [1.165, 1.54) is 0 Å². The lowest BCUT2D eigenvalue weighted by Gasteiger charge is -2.59. The number of fused-ring (bicyclic) bond motifs is 5. The molecule has 2 N–H and O–H groups in total. The van der Waals surface area contributed by atoms with Gasteiger partial charge >= 0.3 is 0 Å². The highest BCUT2D eigenvalue weighted by Gasteiger charge is 2.63. The zero-order chi connectivity index (χ0) is 16.6. The average molecular weight is 318 g/mol. The molecule has 0 radical (unpaired) electrons. The minimum Gasteiger partial charge on any atom is -0.390 e. The third-order valence-corrected chi connectivity index (χ3v) is 7.76. The highest BCUT2D eigenvalue weighted by atomic mass is 16.3. The van der Waals surface area contributed by atoms with E-state index in [9.17, 15) is 19.8 Å². The van der Waals surface area contributed by atoms with Gasteiger partial charge in [0.05, 0.1) is 6.10 Å². The molecule has 0 heterocycles. The Balaban J connectivity index is 1.79. The molecule has 23 heavy (non-hydrogen) atoms. The Kier molecular flexibility index (Phi) is 3.21. The van der Waals surface area contributed by atoms with Crippen molar-refractivity contribution in [1.82, 2.24) is 0 Å². The van der Waals surface area contributed by atoms with Crippen LogP contribution in [0, 0.1) is 28.6 Å². The second kappa shape index (κ2) is 4.76. The number of aliphatic hydroxyl groups excluding tert-OH is 2.